The van der Waals surface area contributed by atoms with Gasteiger partial charge in [-0.2, -0.15) is 9.65 Å². The van der Waals surface area contributed by atoms with Crippen LogP contribution in [-0.2, 0) is 0 Å². The van der Waals surface area contributed by atoms with Crippen LogP contribution in [0, 0.1) is 35.0 Å². The highest BCUT2D eigenvalue weighted by Crippen LogP contribution is 2.42. The largest absolute Gasteiger partial charge is 0.199 e. The average Bonchev–Trinajstić information content (AvgIpc) is 2.62. The highest BCUT2D eigenvalue weighted by atomic mass is 19.1. The predicted molar refractivity (Wildman–Crippen MR) is 98.9 cm³/mol. The molecule has 2 fully saturated rings. The smallest absolute Gasteiger partial charge is 0.195 e. The number of rotatable bonds is 6. The van der Waals surface area contributed by atoms with Gasteiger partial charge in [-0.25, -0.2) is 0 Å². The van der Waals surface area contributed by atoms with Crippen molar-refractivity contribution in [1.82, 2.24) is 0 Å². The van der Waals surface area contributed by atoms with E-state index in [0.29, 0.717) is 11.8 Å². The maximum atomic E-state index is 12.8. The predicted octanol–water partition coefficient (Wildman–Crippen LogP) is 6.89. The van der Waals surface area contributed by atoms with E-state index < -0.39 is 5.83 Å². The summed E-state index contributed by atoms with van der Waals surface area (Å²) in [5, 5.41) is 8.40. The third-order valence-corrected chi connectivity index (χ3v) is 6.10. The minimum atomic E-state index is -0.716. The number of allylic oxidation sites excluding steroid dienone is 5. The van der Waals surface area contributed by atoms with E-state index in [1.165, 1.54) is 69.1 Å². The van der Waals surface area contributed by atoms with Gasteiger partial charge in [-0.05, 0) is 81.1 Å². The fourth-order valence-corrected chi connectivity index (χ4v) is 4.58. The first kappa shape index (κ1) is 19.0. The minimum Gasteiger partial charge on any atom is -0.195 e. The van der Waals surface area contributed by atoms with Gasteiger partial charge in [-0.15, -0.1) is 0 Å². The molecule has 0 spiro atoms. The summed E-state index contributed by atoms with van der Waals surface area (Å²) in [4.78, 5) is 0. The molecule has 0 aliphatic heterocycles. The fourth-order valence-electron chi connectivity index (χ4n) is 4.58. The molecular weight excluding hydrogens is 297 g/mol. The van der Waals surface area contributed by atoms with Crippen LogP contribution in [-0.4, -0.2) is 0 Å². The van der Waals surface area contributed by atoms with Crippen molar-refractivity contribution in [3.63, 3.8) is 0 Å². The molecule has 0 atom stereocenters. The summed E-state index contributed by atoms with van der Waals surface area (Å²) in [7, 11) is 0. The zero-order chi connectivity index (χ0) is 17.4. The van der Waals surface area contributed by atoms with Gasteiger partial charge < -0.3 is 0 Å². The Hall–Kier alpha value is -1.36. The summed E-state index contributed by atoms with van der Waals surface area (Å²) in [6, 6.07) is 1.50. The van der Waals surface area contributed by atoms with Gasteiger partial charge in [-0.3, -0.25) is 0 Å². The van der Waals surface area contributed by atoms with Crippen LogP contribution in [0.3, 0.4) is 0 Å². The van der Waals surface area contributed by atoms with Crippen molar-refractivity contribution in [2.75, 3.05) is 0 Å². The van der Waals surface area contributed by atoms with Crippen molar-refractivity contribution < 1.29 is 4.39 Å². The molecule has 0 unspecified atom stereocenters. The number of nitrogens with zero attached hydrogens (tertiary/aromatic N) is 1. The van der Waals surface area contributed by atoms with Crippen molar-refractivity contribution >= 4 is 0 Å². The third kappa shape index (κ3) is 5.62. The lowest BCUT2D eigenvalue weighted by atomic mass is 9.70. The zero-order valence-corrected chi connectivity index (χ0v) is 15.1. The van der Waals surface area contributed by atoms with Crippen LogP contribution in [0.2, 0.25) is 0 Å². The van der Waals surface area contributed by atoms with E-state index in [2.05, 4.69) is 19.6 Å². The Bertz CT molecular complexity index is 495. The van der Waals surface area contributed by atoms with Crippen molar-refractivity contribution in [3.8, 4) is 6.07 Å². The van der Waals surface area contributed by atoms with Gasteiger partial charge in [0.15, 0.2) is 5.83 Å². The van der Waals surface area contributed by atoms with Crippen LogP contribution < -0.4 is 0 Å². The molecule has 2 heteroatoms. The van der Waals surface area contributed by atoms with Crippen LogP contribution in [0.15, 0.2) is 36.2 Å². The van der Waals surface area contributed by atoms with E-state index in [1.807, 2.05) is 0 Å². The van der Waals surface area contributed by atoms with Crippen molar-refractivity contribution in [1.29, 1.82) is 5.26 Å². The molecule has 0 saturated heterocycles. The number of halogens is 1. The second-order valence-corrected chi connectivity index (χ2v) is 7.70. The number of hydrogen-bond donors (Lipinski definition) is 0. The molecule has 0 aromatic heterocycles. The van der Waals surface area contributed by atoms with E-state index in [4.69, 9.17) is 5.26 Å². The first-order chi connectivity index (χ1) is 11.6. The molecule has 132 valence electrons. The van der Waals surface area contributed by atoms with Gasteiger partial charge in [-0.1, -0.05) is 44.1 Å². The fraction of sp³-hybridized carbons (Fsp3) is 0.682. The molecule has 0 radical (unpaired) electrons. The Morgan fingerprint density at radius 3 is 2.21 bits per heavy atom. The Labute approximate surface area is 147 Å². The van der Waals surface area contributed by atoms with Crippen molar-refractivity contribution in [2.24, 2.45) is 23.7 Å². The van der Waals surface area contributed by atoms with Gasteiger partial charge >= 0.3 is 0 Å². The van der Waals surface area contributed by atoms with Gasteiger partial charge in [0, 0.05) is 0 Å². The molecule has 1 nitrogen and oxygen atoms in total. The van der Waals surface area contributed by atoms with Gasteiger partial charge in [0.25, 0.3) is 0 Å². The normalized spacial score (nSPS) is 31.8. The summed E-state index contributed by atoms with van der Waals surface area (Å²) in [5.74, 6) is 2.21. The van der Waals surface area contributed by atoms with E-state index in [9.17, 15) is 4.39 Å². The first-order valence-electron chi connectivity index (χ1n) is 9.76. The van der Waals surface area contributed by atoms with Crippen molar-refractivity contribution in [2.45, 2.75) is 71.1 Å². The van der Waals surface area contributed by atoms with E-state index in [-0.39, 0.29) is 0 Å². The first-order valence-corrected chi connectivity index (χ1v) is 9.76. The maximum absolute atomic E-state index is 12.8. The second kappa shape index (κ2) is 9.82. The molecular formula is C22H32FN. The van der Waals surface area contributed by atoms with Crippen LogP contribution in [0.25, 0.3) is 0 Å². The average molecular weight is 330 g/mol. The Morgan fingerprint density at radius 1 is 1.08 bits per heavy atom. The van der Waals surface area contributed by atoms with E-state index in [0.717, 1.165) is 24.7 Å². The Balaban J connectivity index is 1.74. The molecule has 0 aromatic rings. The van der Waals surface area contributed by atoms with Crippen LogP contribution >= 0.6 is 0 Å². The zero-order valence-electron chi connectivity index (χ0n) is 15.1. The molecule has 0 aromatic carbocycles. The van der Waals surface area contributed by atoms with Gasteiger partial charge in [0.05, 0.1) is 0 Å². The van der Waals surface area contributed by atoms with E-state index >= 15 is 0 Å². The van der Waals surface area contributed by atoms with Crippen LogP contribution in [0.5, 0.6) is 0 Å². The van der Waals surface area contributed by atoms with E-state index in [1.54, 1.807) is 6.08 Å². The molecule has 2 aliphatic rings. The van der Waals surface area contributed by atoms with Gasteiger partial charge in [0.1, 0.15) is 6.07 Å². The highest BCUT2D eigenvalue weighted by molar-refractivity contribution is 5.19. The SMILES string of the molecule is C=C([C@H]1CC[C@H](/C=C/C=C(\F)C#N)CC1)[C@H]1CC[C@H](CCC)CC1. The maximum Gasteiger partial charge on any atom is 0.199 e. The molecule has 2 rings (SSSR count). The topological polar surface area (TPSA) is 23.8 Å². The highest BCUT2D eigenvalue weighted by Gasteiger charge is 2.28. The molecule has 0 heterocycles. The van der Waals surface area contributed by atoms with Crippen molar-refractivity contribution in [3.05, 3.63) is 36.2 Å². The lowest BCUT2D eigenvalue weighted by Gasteiger charge is -2.35. The summed E-state index contributed by atoms with van der Waals surface area (Å²) in [6.45, 7) is 6.78. The van der Waals surface area contributed by atoms with Gasteiger partial charge in [0.2, 0.25) is 0 Å². The molecule has 2 saturated carbocycles. The summed E-state index contributed by atoms with van der Waals surface area (Å²) >= 11 is 0. The standard InChI is InChI=1S/C22H32FN/c1-3-5-18-8-12-20(13-9-18)17(2)21-14-10-19(11-15-21)6-4-7-22(23)16-24/h4,6-7,18-21H,2-3,5,8-15H2,1H3/b6-4+,22-7-/t18-,19-,20-,21-. The molecule has 24 heavy (non-hydrogen) atoms. The summed E-state index contributed by atoms with van der Waals surface area (Å²) < 4.78 is 12.8. The van der Waals surface area contributed by atoms with Crippen LogP contribution in [0.4, 0.5) is 4.39 Å². The summed E-state index contributed by atoms with van der Waals surface area (Å²) in [6.07, 6.45) is 18.0. The Morgan fingerprint density at radius 2 is 1.67 bits per heavy atom. The second-order valence-electron chi connectivity index (χ2n) is 7.70. The Kier molecular flexibility index (Phi) is 7.76. The minimum absolute atomic E-state index is 0.525. The summed E-state index contributed by atoms with van der Waals surface area (Å²) in [5.41, 5.74) is 1.52. The molecule has 2 aliphatic carbocycles. The number of nitriles is 1. The molecule has 0 amide bonds. The lowest BCUT2D eigenvalue weighted by Crippen LogP contribution is -2.22. The monoisotopic (exact) mass is 329 g/mol. The third-order valence-electron chi connectivity index (χ3n) is 6.10. The molecule has 0 N–H and O–H groups in total. The van der Waals surface area contributed by atoms with Crippen LogP contribution in [0.1, 0.15) is 71.1 Å². The quantitative estimate of drug-likeness (QED) is 0.296. The number of hydrogen-bond acceptors (Lipinski definition) is 1. The lowest BCUT2D eigenvalue weighted by molar-refractivity contribution is 0.255. The molecule has 0 bridgehead atoms.